The molecule has 1 N–H and O–H groups in total. The van der Waals surface area contributed by atoms with Crippen LogP contribution in [0.2, 0.25) is 0 Å². The molecule has 0 aliphatic carbocycles. The molecule has 0 unspecified atom stereocenters. The number of carbonyl (C=O) groups excluding carboxylic acids is 1. The lowest BCUT2D eigenvalue weighted by Gasteiger charge is -2.31. The summed E-state index contributed by atoms with van der Waals surface area (Å²) in [6.07, 6.45) is 7.43. The summed E-state index contributed by atoms with van der Waals surface area (Å²) in [5.74, 6) is 0.907. The molecule has 0 saturated carbocycles. The third-order valence-corrected chi connectivity index (χ3v) is 8.06. The topological polar surface area (TPSA) is 77.6 Å². The molecule has 2 aromatic heterocycles. The van der Waals surface area contributed by atoms with E-state index in [1.54, 1.807) is 26.1 Å². The van der Waals surface area contributed by atoms with Crippen LogP contribution >= 0.6 is 0 Å². The third kappa shape index (κ3) is 5.14. The maximum atomic E-state index is 12.3. The molecule has 8 nitrogen and oxygen atoms in total. The van der Waals surface area contributed by atoms with Gasteiger partial charge in [-0.25, -0.2) is 9.97 Å². The van der Waals surface area contributed by atoms with Crippen LogP contribution in [0.15, 0.2) is 48.8 Å². The number of carbonyl (C=O) groups is 1. The minimum atomic E-state index is -0.0152. The first kappa shape index (κ1) is 25.5. The summed E-state index contributed by atoms with van der Waals surface area (Å²) in [6.45, 7) is 6.73. The molecule has 1 amide bonds. The van der Waals surface area contributed by atoms with Crippen molar-refractivity contribution in [2.45, 2.75) is 25.8 Å². The number of hydrogen-bond acceptors (Lipinski definition) is 6. The van der Waals surface area contributed by atoms with Crippen molar-refractivity contribution in [3.63, 3.8) is 0 Å². The number of fused-ring (bicyclic) bond motifs is 2. The molecular formula is C31H36N6O2. The lowest BCUT2D eigenvalue weighted by atomic mass is 9.95. The van der Waals surface area contributed by atoms with Gasteiger partial charge in [-0.15, -0.1) is 0 Å². The number of aromatic nitrogens is 3. The zero-order valence-corrected chi connectivity index (χ0v) is 23.0. The summed E-state index contributed by atoms with van der Waals surface area (Å²) in [7, 11) is 5.27. The van der Waals surface area contributed by atoms with Crippen molar-refractivity contribution in [1.82, 2.24) is 29.7 Å². The number of methoxy groups -OCH3 is 1. The maximum absolute atomic E-state index is 12.3. The van der Waals surface area contributed by atoms with E-state index >= 15 is 0 Å². The van der Waals surface area contributed by atoms with Gasteiger partial charge in [-0.3, -0.25) is 9.69 Å². The fraction of sp³-hybridized carbons (Fsp3) is 0.387. The normalized spacial score (nSPS) is 16.0. The molecule has 0 spiro atoms. The first-order valence-electron chi connectivity index (χ1n) is 13.8. The van der Waals surface area contributed by atoms with Crippen LogP contribution in [-0.2, 0) is 13.0 Å². The summed E-state index contributed by atoms with van der Waals surface area (Å²) in [5, 5.41) is 0. The number of likely N-dealkylation sites (tertiary alicyclic amines) is 1. The molecule has 2 aliphatic rings. The number of benzene rings is 2. The highest BCUT2D eigenvalue weighted by Gasteiger charge is 2.23. The van der Waals surface area contributed by atoms with Gasteiger partial charge in [-0.2, -0.15) is 0 Å². The van der Waals surface area contributed by atoms with Crippen LogP contribution in [0.5, 0.6) is 5.75 Å². The van der Waals surface area contributed by atoms with E-state index < -0.39 is 0 Å². The molecule has 4 aromatic rings. The molecule has 0 bridgehead atoms. The minimum absolute atomic E-state index is 0.0152. The van der Waals surface area contributed by atoms with Crippen molar-refractivity contribution in [2.75, 3.05) is 53.9 Å². The van der Waals surface area contributed by atoms with E-state index in [-0.39, 0.29) is 5.91 Å². The fourth-order valence-electron chi connectivity index (χ4n) is 5.80. The Morgan fingerprint density at radius 3 is 2.54 bits per heavy atom. The number of nitrogens with zero attached hydrogens (tertiary/aromatic N) is 5. The molecule has 1 fully saturated rings. The second-order valence-corrected chi connectivity index (χ2v) is 10.8. The number of ether oxygens (including phenoxy) is 1. The predicted molar refractivity (Wildman–Crippen MR) is 154 cm³/mol. The van der Waals surface area contributed by atoms with E-state index in [0.29, 0.717) is 5.56 Å². The molecule has 202 valence electrons. The standard InChI is InChI=1S/C31H36N6O2/c1-35(2)31(38)22-8-6-21(7-9-22)25-18-32-30-29(25)34-27(19-33-30)24-16-23-10-13-37(15-14-36-11-4-5-12-36)20-26(23)28(17-24)39-3/h6-9,16-19H,4-5,10-15,20H2,1-3H3,(H,32,33). The summed E-state index contributed by atoms with van der Waals surface area (Å²) >= 11 is 0. The number of rotatable bonds is 7. The van der Waals surface area contributed by atoms with E-state index in [2.05, 4.69) is 31.9 Å². The maximum Gasteiger partial charge on any atom is 0.253 e. The number of nitrogens with one attached hydrogen (secondary N) is 1. The van der Waals surface area contributed by atoms with Gasteiger partial charge in [0.2, 0.25) is 0 Å². The summed E-state index contributed by atoms with van der Waals surface area (Å²) in [4.78, 5) is 32.0. The van der Waals surface area contributed by atoms with Crippen LogP contribution in [-0.4, -0.2) is 89.5 Å². The molecule has 4 heterocycles. The smallest absolute Gasteiger partial charge is 0.253 e. The Labute approximate surface area is 229 Å². The number of aromatic amines is 1. The van der Waals surface area contributed by atoms with Gasteiger partial charge in [0.25, 0.3) is 5.91 Å². The van der Waals surface area contributed by atoms with Crippen molar-refractivity contribution in [3.05, 3.63) is 65.5 Å². The largest absolute Gasteiger partial charge is 0.496 e. The Hall–Kier alpha value is -3.75. The van der Waals surface area contributed by atoms with E-state index in [0.717, 1.165) is 71.9 Å². The first-order chi connectivity index (χ1) is 19.0. The Balaban J connectivity index is 1.27. The van der Waals surface area contributed by atoms with Crippen molar-refractivity contribution < 1.29 is 9.53 Å². The van der Waals surface area contributed by atoms with Gasteiger partial charge in [-0.05, 0) is 67.7 Å². The zero-order valence-electron chi connectivity index (χ0n) is 23.0. The Bertz CT molecular complexity index is 1470. The second kappa shape index (κ2) is 10.8. The Kier molecular flexibility index (Phi) is 7.06. The Morgan fingerprint density at radius 2 is 1.79 bits per heavy atom. The lowest BCUT2D eigenvalue weighted by Crippen LogP contribution is -2.37. The highest BCUT2D eigenvalue weighted by atomic mass is 16.5. The quantitative estimate of drug-likeness (QED) is 0.385. The number of H-pyrrole nitrogens is 1. The van der Waals surface area contributed by atoms with Gasteiger partial charge in [0.1, 0.15) is 11.3 Å². The SMILES string of the molecule is COc1cc(-c2cnc3[nH]cc(-c4ccc(C(=O)N(C)C)cc4)c3n2)cc2c1CN(CCN1CCCC1)CC2. The van der Waals surface area contributed by atoms with Crippen molar-refractivity contribution >= 4 is 17.1 Å². The van der Waals surface area contributed by atoms with Crippen LogP contribution in [0.4, 0.5) is 0 Å². The van der Waals surface area contributed by atoms with Gasteiger partial charge < -0.3 is 19.5 Å². The molecule has 2 aromatic carbocycles. The average Bonchev–Trinajstić information content (AvgIpc) is 3.65. The average molecular weight is 525 g/mol. The minimum Gasteiger partial charge on any atom is -0.496 e. The van der Waals surface area contributed by atoms with Crippen LogP contribution in [0, 0.1) is 0 Å². The monoisotopic (exact) mass is 524 g/mol. The van der Waals surface area contributed by atoms with Crippen LogP contribution in [0.1, 0.15) is 34.3 Å². The highest BCUT2D eigenvalue weighted by Crippen LogP contribution is 2.35. The highest BCUT2D eigenvalue weighted by molar-refractivity contribution is 5.96. The number of hydrogen-bond donors (Lipinski definition) is 1. The van der Waals surface area contributed by atoms with Crippen LogP contribution in [0.25, 0.3) is 33.5 Å². The molecular weight excluding hydrogens is 488 g/mol. The lowest BCUT2D eigenvalue weighted by molar-refractivity contribution is 0.0827. The van der Waals surface area contributed by atoms with E-state index in [1.807, 2.05) is 36.7 Å². The summed E-state index contributed by atoms with van der Waals surface area (Å²) in [6, 6.07) is 12.0. The fourth-order valence-corrected chi connectivity index (χ4v) is 5.80. The first-order valence-corrected chi connectivity index (χ1v) is 13.8. The van der Waals surface area contributed by atoms with Crippen molar-refractivity contribution in [2.24, 2.45) is 0 Å². The van der Waals surface area contributed by atoms with E-state index in [9.17, 15) is 4.79 Å². The second-order valence-electron chi connectivity index (χ2n) is 10.8. The molecule has 6 rings (SSSR count). The van der Waals surface area contributed by atoms with Gasteiger partial charge in [-0.1, -0.05) is 12.1 Å². The summed E-state index contributed by atoms with van der Waals surface area (Å²) < 4.78 is 5.89. The van der Waals surface area contributed by atoms with Gasteiger partial charge >= 0.3 is 0 Å². The van der Waals surface area contributed by atoms with Gasteiger partial charge in [0, 0.05) is 68.7 Å². The zero-order chi connectivity index (χ0) is 26.9. The van der Waals surface area contributed by atoms with Crippen molar-refractivity contribution in [1.29, 1.82) is 0 Å². The van der Waals surface area contributed by atoms with Crippen LogP contribution in [0.3, 0.4) is 0 Å². The van der Waals surface area contributed by atoms with E-state index in [1.165, 1.54) is 37.1 Å². The number of amides is 1. The van der Waals surface area contributed by atoms with Crippen molar-refractivity contribution in [3.8, 4) is 28.1 Å². The Morgan fingerprint density at radius 1 is 1.03 bits per heavy atom. The molecule has 8 heteroatoms. The predicted octanol–water partition coefficient (Wildman–Crippen LogP) is 4.46. The molecule has 0 radical (unpaired) electrons. The molecule has 2 aliphatic heterocycles. The van der Waals surface area contributed by atoms with Gasteiger partial charge in [0.15, 0.2) is 5.65 Å². The summed E-state index contributed by atoms with van der Waals surface area (Å²) in [5.41, 5.74) is 8.61. The van der Waals surface area contributed by atoms with Crippen LogP contribution < -0.4 is 4.74 Å². The molecule has 39 heavy (non-hydrogen) atoms. The van der Waals surface area contributed by atoms with Gasteiger partial charge in [0.05, 0.1) is 19.0 Å². The third-order valence-electron chi connectivity index (χ3n) is 8.06. The van der Waals surface area contributed by atoms with E-state index in [4.69, 9.17) is 9.72 Å². The molecule has 1 saturated heterocycles. The molecule has 0 atom stereocenters.